The highest BCUT2D eigenvalue weighted by Gasteiger charge is 2.37. The number of benzene rings is 2. The van der Waals surface area contributed by atoms with Crippen LogP contribution < -0.4 is 0 Å². The van der Waals surface area contributed by atoms with Crippen molar-refractivity contribution in [2.45, 2.75) is 64.1 Å². The van der Waals surface area contributed by atoms with E-state index >= 15 is 0 Å². The molecule has 2 rings (SSSR count). The highest BCUT2D eigenvalue weighted by molar-refractivity contribution is 5.33. The van der Waals surface area contributed by atoms with Crippen LogP contribution in [0.3, 0.4) is 0 Å². The van der Waals surface area contributed by atoms with Crippen molar-refractivity contribution in [1.82, 2.24) is 0 Å². The molecule has 29 heavy (non-hydrogen) atoms. The van der Waals surface area contributed by atoms with Crippen LogP contribution in [-0.2, 0) is 23.7 Å². The SMILES string of the molecule is CCCCC(OCc1cc(C(F)(F)F)cc(C(F)(F)F)c1)C(C)c1ccccc1. The zero-order valence-corrected chi connectivity index (χ0v) is 16.3. The molecule has 1 nitrogen and oxygen atoms in total. The third-order valence-electron chi connectivity index (χ3n) is 4.84. The summed E-state index contributed by atoms with van der Waals surface area (Å²) in [5.74, 6) is -0.0457. The minimum atomic E-state index is -4.87. The summed E-state index contributed by atoms with van der Waals surface area (Å²) in [6.07, 6.45) is -7.63. The Bertz CT molecular complexity index is 735. The van der Waals surface area contributed by atoms with Gasteiger partial charge in [-0.3, -0.25) is 0 Å². The number of hydrogen-bond acceptors (Lipinski definition) is 1. The first-order valence-corrected chi connectivity index (χ1v) is 9.47. The van der Waals surface area contributed by atoms with Gasteiger partial charge in [-0.25, -0.2) is 0 Å². The normalized spacial score (nSPS) is 14.6. The van der Waals surface area contributed by atoms with Gasteiger partial charge in [0, 0.05) is 5.92 Å². The first kappa shape index (κ1) is 23.3. The molecule has 0 aliphatic heterocycles. The summed E-state index contributed by atoms with van der Waals surface area (Å²) in [6, 6.07) is 11.1. The van der Waals surface area contributed by atoms with Crippen molar-refractivity contribution in [2.24, 2.45) is 0 Å². The number of alkyl halides is 6. The number of hydrogen-bond donors (Lipinski definition) is 0. The number of rotatable bonds is 8. The molecular formula is C22H24F6O. The van der Waals surface area contributed by atoms with Crippen molar-refractivity contribution in [3.63, 3.8) is 0 Å². The molecule has 0 aromatic heterocycles. The predicted octanol–water partition coefficient (Wildman–Crippen LogP) is 7.60. The minimum absolute atomic E-state index is 0.0457. The zero-order valence-electron chi connectivity index (χ0n) is 16.3. The molecule has 0 aliphatic carbocycles. The summed E-state index contributed by atoms with van der Waals surface area (Å²) in [7, 11) is 0. The van der Waals surface area contributed by atoms with Crippen LogP contribution in [0.5, 0.6) is 0 Å². The highest BCUT2D eigenvalue weighted by Crippen LogP contribution is 2.37. The van der Waals surface area contributed by atoms with E-state index in [-0.39, 0.29) is 30.3 Å². The van der Waals surface area contributed by atoms with Crippen LogP contribution in [0.25, 0.3) is 0 Å². The van der Waals surface area contributed by atoms with Crippen molar-refractivity contribution >= 4 is 0 Å². The Kier molecular flexibility index (Phi) is 7.74. The Morgan fingerprint density at radius 3 is 1.90 bits per heavy atom. The third kappa shape index (κ3) is 6.77. The molecule has 160 valence electrons. The molecule has 0 saturated carbocycles. The van der Waals surface area contributed by atoms with Gasteiger partial charge in [-0.1, -0.05) is 57.0 Å². The van der Waals surface area contributed by atoms with Gasteiger partial charge in [-0.05, 0) is 35.7 Å². The Morgan fingerprint density at radius 2 is 1.41 bits per heavy atom. The van der Waals surface area contributed by atoms with Crippen LogP contribution in [0.15, 0.2) is 48.5 Å². The molecule has 7 heteroatoms. The molecule has 0 heterocycles. The molecule has 2 aromatic carbocycles. The molecular weight excluding hydrogens is 394 g/mol. The zero-order chi connectivity index (χ0) is 21.7. The first-order valence-electron chi connectivity index (χ1n) is 9.47. The van der Waals surface area contributed by atoms with Gasteiger partial charge in [0.2, 0.25) is 0 Å². The standard InChI is InChI=1S/C22H24F6O/c1-3-4-10-20(15(2)17-8-6-5-7-9-17)29-14-16-11-18(21(23,24)25)13-19(12-16)22(26,27)28/h5-9,11-13,15,20H,3-4,10,14H2,1-2H3. The molecule has 0 N–H and O–H groups in total. The molecule has 2 aromatic rings. The van der Waals surface area contributed by atoms with Crippen LogP contribution in [0, 0.1) is 0 Å². The molecule has 0 saturated heterocycles. The van der Waals surface area contributed by atoms with E-state index in [9.17, 15) is 26.3 Å². The molecule has 2 unspecified atom stereocenters. The van der Waals surface area contributed by atoms with E-state index in [0.717, 1.165) is 30.5 Å². The Balaban J connectivity index is 2.25. The first-order chi connectivity index (χ1) is 13.5. The van der Waals surface area contributed by atoms with E-state index in [2.05, 4.69) is 0 Å². The van der Waals surface area contributed by atoms with Crippen molar-refractivity contribution < 1.29 is 31.1 Å². The maximum atomic E-state index is 13.0. The van der Waals surface area contributed by atoms with Crippen molar-refractivity contribution in [1.29, 1.82) is 0 Å². The van der Waals surface area contributed by atoms with Gasteiger partial charge in [0.05, 0.1) is 23.8 Å². The van der Waals surface area contributed by atoms with Gasteiger partial charge in [0.15, 0.2) is 0 Å². The summed E-state index contributed by atoms with van der Waals surface area (Å²) < 4.78 is 84.1. The van der Waals surface area contributed by atoms with Crippen molar-refractivity contribution in [3.8, 4) is 0 Å². The molecule has 0 aliphatic rings. The van der Waals surface area contributed by atoms with E-state index in [1.54, 1.807) is 0 Å². The summed E-state index contributed by atoms with van der Waals surface area (Å²) in [5, 5.41) is 0. The van der Waals surface area contributed by atoms with Gasteiger partial charge >= 0.3 is 12.4 Å². The lowest BCUT2D eigenvalue weighted by molar-refractivity contribution is -0.143. The van der Waals surface area contributed by atoms with Gasteiger partial charge in [-0.2, -0.15) is 26.3 Å². The van der Waals surface area contributed by atoms with Crippen LogP contribution in [0.4, 0.5) is 26.3 Å². The number of unbranched alkanes of at least 4 members (excludes halogenated alkanes) is 1. The van der Waals surface area contributed by atoms with Crippen LogP contribution in [0.1, 0.15) is 61.3 Å². The lowest BCUT2D eigenvalue weighted by atomic mass is 9.92. The number of ether oxygens (including phenoxy) is 1. The maximum Gasteiger partial charge on any atom is 0.416 e. The van der Waals surface area contributed by atoms with Gasteiger partial charge in [0.25, 0.3) is 0 Å². The summed E-state index contributed by atoms with van der Waals surface area (Å²) >= 11 is 0. The average molecular weight is 418 g/mol. The van der Waals surface area contributed by atoms with Crippen LogP contribution in [-0.4, -0.2) is 6.10 Å². The average Bonchev–Trinajstić information content (AvgIpc) is 2.66. The molecule has 0 radical (unpaired) electrons. The largest absolute Gasteiger partial charge is 0.416 e. The van der Waals surface area contributed by atoms with E-state index in [1.165, 1.54) is 0 Å². The predicted molar refractivity (Wildman–Crippen MR) is 99.4 cm³/mol. The van der Waals surface area contributed by atoms with Gasteiger partial charge in [0.1, 0.15) is 0 Å². The Hall–Kier alpha value is -2.02. The lowest BCUT2D eigenvalue weighted by Gasteiger charge is -2.25. The minimum Gasteiger partial charge on any atom is -0.373 e. The Morgan fingerprint density at radius 1 is 0.862 bits per heavy atom. The van der Waals surface area contributed by atoms with E-state index < -0.39 is 23.5 Å². The smallest absolute Gasteiger partial charge is 0.373 e. The van der Waals surface area contributed by atoms with E-state index in [1.807, 2.05) is 44.2 Å². The van der Waals surface area contributed by atoms with Crippen molar-refractivity contribution in [3.05, 3.63) is 70.8 Å². The summed E-state index contributed by atoms with van der Waals surface area (Å²) in [6.45, 7) is 3.63. The van der Waals surface area contributed by atoms with Crippen LogP contribution in [0.2, 0.25) is 0 Å². The quantitative estimate of drug-likeness (QED) is 0.401. The number of halogens is 6. The second kappa shape index (κ2) is 9.65. The molecule has 0 spiro atoms. The van der Waals surface area contributed by atoms with E-state index in [0.29, 0.717) is 6.42 Å². The summed E-state index contributed by atoms with van der Waals surface area (Å²) in [5.41, 5.74) is -1.79. The lowest BCUT2D eigenvalue weighted by Crippen LogP contribution is -2.21. The van der Waals surface area contributed by atoms with Crippen molar-refractivity contribution in [2.75, 3.05) is 0 Å². The van der Waals surface area contributed by atoms with Gasteiger partial charge < -0.3 is 4.74 Å². The third-order valence-corrected chi connectivity index (χ3v) is 4.84. The molecule has 0 amide bonds. The second-order valence-electron chi connectivity index (χ2n) is 7.11. The molecule has 0 fully saturated rings. The fourth-order valence-electron chi connectivity index (χ4n) is 3.16. The molecule has 0 bridgehead atoms. The topological polar surface area (TPSA) is 9.23 Å². The fraction of sp³-hybridized carbons (Fsp3) is 0.455. The van der Waals surface area contributed by atoms with Crippen LogP contribution >= 0.6 is 0 Å². The Labute approximate surface area is 166 Å². The van der Waals surface area contributed by atoms with Gasteiger partial charge in [-0.15, -0.1) is 0 Å². The highest BCUT2D eigenvalue weighted by atomic mass is 19.4. The maximum absolute atomic E-state index is 13.0. The monoisotopic (exact) mass is 418 g/mol. The van der Waals surface area contributed by atoms with E-state index in [4.69, 9.17) is 4.74 Å². The summed E-state index contributed by atoms with van der Waals surface area (Å²) in [4.78, 5) is 0. The fourth-order valence-corrected chi connectivity index (χ4v) is 3.16. The molecule has 2 atom stereocenters. The second-order valence-corrected chi connectivity index (χ2v) is 7.11.